The lowest BCUT2D eigenvalue weighted by Crippen LogP contribution is -1.98. The predicted molar refractivity (Wildman–Crippen MR) is 69.2 cm³/mol. The maximum Gasteiger partial charge on any atom is 0.155 e. The highest BCUT2D eigenvalue weighted by atomic mass is 19.1. The van der Waals surface area contributed by atoms with E-state index in [9.17, 15) is 13.6 Å². The lowest BCUT2D eigenvalue weighted by Gasteiger charge is -2.04. The fourth-order valence-corrected chi connectivity index (χ4v) is 1.72. The first-order chi connectivity index (χ1) is 8.54. The van der Waals surface area contributed by atoms with Crippen LogP contribution in [0.3, 0.4) is 0 Å². The van der Waals surface area contributed by atoms with Crippen LogP contribution >= 0.6 is 0 Å². The third-order valence-electron chi connectivity index (χ3n) is 2.79. The van der Waals surface area contributed by atoms with E-state index in [1.807, 2.05) is 0 Å². The van der Waals surface area contributed by atoms with Gasteiger partial charge in [-0.1, -0.05) is 19.8 Å². The van der Waals surface area contributed by atoms with E-state index < -0.39 is 11.6 Å². The van der Waals surface area contributed by atoms with Crippen LogP contribution < -0.4 is 0 Å². The Hall–Kier alpha value is -1.51. The van der Waals surface area contributed by atoms with Gasteiger partial charge in [0.25, 0.3) is 0 Å². The van der Waals surface area contributed by atoms with Crippen LogP contribution in [0.15, 0.2) is 23.8 Å². The number of unbranched alkanes of at least 4 members (excludes halogenated alkanes) is 2. The average Bonchev–Trinajstić information content (AvgIpc) is 2.30. The molecule has 0 atom stereocenters. The van der Waals surface area contributed by atoms with Gasteiger partial charge in [0.15, 0.2) is 5.78 Å². The first kappa shape index (κ1) is 14.6. The van der Waals surface area contributed by atoms with E-state index in [-0.39, 0.29) is 11.3 Å². The molecule has 0 heterocycles. The lowest BCUT2D eigenvalue weighted by atomic mass is 10.0. The number of allylic oxidation sites excluding steroid dienone is 1. The maximum atomic E-state index is 13.5. The smallest absolute Gasteiger partial charge is 0.155 e. The van der Waals surface area contributed by atoms with Gasteiger partial charge in [-0.2, -0.15) is 0 Å². The van der Waals surface area contributed by atoms with Gasteiger partial charge >= 0.3 is 0 Å². The summed E-state index contributed by atoms with van der Waals surface area (Å²) in [7, 11) is 0. The number of halogens is 2. The van der Waals surface area contributed by atoms with Crippen molar-refractivity contribution in [2.75, 3.05) is 0 Å². The molecule has 0 N–H and O–H groups in total. The Kier molecular flexibility index (Phi) is 5.69. The molecule has 0 spiro atoms. The maximum absolute atomic E-state index is 13.5. The monoisotopic (exact) mass is 252 g/mol. The molecule has 0 saturated heterocycles. The van der Waals surface area contributed by atoms with E-state index in [0.29, 0.717) is 12.0 Å². The highest BCUT2D eigenvalue weighted by molar-refractivity contribution is 5.97. The molecule has 1 rings (SSSR count). The van der Waals surface area contributed by atoms with Crippen LogP contribution in [-0.2, 0) is 4.79 Å². The van der Waals surface area contributed by atoms with Gasteiger partial charge in [0, 0.05) is 11.6 Å². The Labute approximate surface area is 107 Å². The summed E-state index contributed by atoms with van der Waals surface area (Å²) in [6, 6.07) is 3.38. The third kappa shape index (κ3) is 4.40. The Morgan fingerprint density at radius 3 is 2.56 bits per heavy atom. The normalized spacial score (nSPS) is 11.7. The van der Waals surface area contributed by atoms with E-state index in [0.717, 1.165) is 25.3 Å². The summed E-state index contributed by atoms with van der Waals surface area (Å²) in [5.41, 5.74) is 0.854. The van der Waals surface area contributed by atoms with Crippen molar-refractivity contribution in [2.45, 2.75) is 39.5 Å². The number of Topliss-reactive ketones (excluding diaryl/α,β-unsaturated/α-hetero) is 1. The molecule has 18 heavy (non-hydrogen) atoms. The van der Waals surface area contributed by atoms with Gasteiger partial charge in [-0.3, -0.25) is 4.79 Å². The van der Waals surface area contributed by atoms with Crippen LogP contribution in [0.2, 0.25) is 0 Å². The van der Waals surface area contributed by atoms with Gasteiger partial charge in [-0.15, -0.1) is 0 Å². The summed E-state index contributed by atoms with van der Waals surface area (Å²) in [5.74, 6) is -1.31. The van der Waals surface area contributed by atoms with Gasteiger partial charge in [0.2, 0.25) is 0 Å². The van der Waals surface area contributed by atoms with E-state index in [1.54, 1.807) is 0 Å². The lowest BCUT2D eigenvalue weighted by molar-refractivity contribution is -0.113. The van der Waals surface area contributed by atoms with E-state index in [4.69, 9.17) is 0 Å². The molecule has 0 bridgehead atoms. The van der Waals surface area contributed by atoms with E-state index in [2.05, 4.69) is 6.92 Å². The van der Waals surface area contributed by atoms with Crippen molar-refractivity contribution < 1.29 is 13.6 Å². The van der Waals surface area contributed by atoms with Crippen molar-refractivity contribution >= 4 is 11.9 Å². The number of carbonyl (C=O) groups excluding carboxylic acids is 1. The summed E-state index contributed by atoms with van der Waals surface area (Å²) in [6.07, 6.45) is 5.17. The van der Waals surface area contributed by atoms with Gasteiger partial charge < -0.3 is 0 Å². The summed E-state index contributed by atoms with van der Waals surface area (Å²) in [5, 5.41) is 0. The van der Waals surface area contributed by atoms with Crippen molar-refractivity contribution in [2.24, 2.45) is 0 Å². The number of benzene rings is 1. The zero-order valence-electron chi connectivity index (χ0n) is 10.8. The predicted octanol–water partition coefficient (Wildman–Crippen LogP) is 4.52. The fourth-order valence-electron chi connectivity index (χ4n) is 1.72. The minimum absolute atomic E-state index is 0.0603. The number of carbonyl (C=O) groups is 1. The zero-order valence-corrected chi connectivity index (χ0v) is 10.8. The second-order valence-corrected chi connectivity index (χ2v) is 4.35. The quantitative estimate of drug-likeness (QED) is 0.537. The summed E-state index contributed by atoms with van der Waals surface area (Å²) >= 11 is 0. The fraction of sp³-hybridized carbons (Fsp3) is 0.400. The minimum atomic E-state index is -0.635. The molecule has 1 aromatic rings. The Balaban J connectivity index is 2.90. The largest absolute Gasteiger partial charge is 0.295 e. The van der Waals surface area contributed by atoms with Crippen molar-refractivity contribution in [3.63, 3.8) is 0 Å². The molecule has 0 amide bonds. The van der Waals surface area contributed by atoms with Crippen LogP contribution in [0, 0.1) is 11.6 Å². The second kappa shape index (κ2) is 7.04. The average molecular weight is 252 g/mol. The molecule has 1 nitrogen and oxygen atoms in total. The Morgan fingerprint density at radius 2 is 2.00 bits per heavy atom. The molecule has 0 saturated carbocycles. The third-order valence-corrected chi connectivity index (χ3v) is 2.79. The molecule has 0 aromatic heterocycles. The first-order valence-corrected chi connectivity index (χ1v) is 6.21. The van der Waals surface area contributed by atoms with Crippen LogP contribution in [-0.4, -0.2) is 5.78 Å². The van der Waals surface area contributed by atoms with Gasteiger partial charge in [-0.05, 0) is 43.5 Å². The molecule has 0 aliphatic heterocycles. The Bertz CT molecular complexity index is 450. The number of hydrogen-bond acceptors (Lipinski definition) is 1. The molecule has 1 aromatic carbocycles. The standard InChI is InChI=1S/C15H18F2O/c1-3-4-5-6-12(11(2)18)9-13-7-8-14(16)10-15(13)17/h7-10H,3-6H2,1-2H3. The summed E-state index contributed by atoms with van der Waals surface area (Å²) in [6.45, 7) is 3.55. The molecular weight excluding hydrogens is 234 g/mol. The summed E-state index contributed by atoms with van der Waals surface area (Å²) < 4.78 is 26.2. The van der Waals surface area contributed by atoms with Crippen molar-refractivity contribution in [1.82, 2.24) is 0 Å². The SMILES string of the molecule is CCCCCC(=Cc1ccc(F)cc1F)C(C)=O. The molecule has 0 aliphatic rings. The van der Waals surface area contributed by atoms with E-state index in [1.165, 1.54) is 25.1 Å². The molecular formula is C15H18F2O. The highest BCUT2D eigenvalue weighted by Gasteiger charge is 2.07. The molecule has 0 aliphatic carbocycles. The topological polar surface area (TPSA) is 17.1 Å². The number of rotatable bonds is 6. The summed E-state index contributed by atoms with van der Waals surface area (Å²) in [4.78, 5) is 11.5. The van der Waals surface area contributed by atoms with Crippen LogP contribution in [0.4, 0.5) is 8.78 Å². The molecule has 0 radical (unpaired) electrons. The van der Waals surface area contributed by atoms with E-state index >= 15 is 0 Å². The minimum Gasteiger partial charge on any atom is -0.295 e. The van der Waals surface area contributed by atoms with Gasteiger partial charge in [-0.25, -0.2) is 8.78 Å². The van der Waals surface area contributed by atoms with Crippen molar-refractivity contribution in [1.29, 1.82) is 0 Å². The number of ketones is 1. The number of hydrogen-bond donors (Lipinski definition) is 0. The van der Waals surface area contributed by atoms with Crippen LogP contribution in [0.1, 0.15) is 45.1 Å². The zero-order chi connectivity index (χ0) is 13.5. The molecule has 0 fully saturated rings. The highest BCUT2D eigenvalue weighted by Crippen LogP contribution is 2.17. The Morgan fingerprint density at radius 1 is 1.28 bits per heavy atom. The first-order valence-electron chi connectivity index (χ1n) is 6.21. The van der Waals surface area contributed by atoms with Crippen molar-refractivity contribution in [3.8, 4) is 0 Å². The molecule has 0 unspecified atom stereocenters. The van der Waals surface area contributed by atoms with Crippen molar-refractivity contribution in [3.05, 3.63) is 41.0 Å². The van der Waals surface area contributed by atoms with Crippen LogP contribution in [0.5, 0.6) is 0 Å². The molecule has 98 valence electrons. The second-order valence-electron chi connectivity index (χ2n) is 4.35. The van der Waals surface area contributed by atoms with Gasteiger partial charge in [0.05, 0.1) is 0 Å². The van der Waals surface area contributed by atoms with Crippen LogP contribution in [0.25, 0.3) is 6.08 Å². The van der Waals surface area contributed by atoms with Gasteiger partial charge in [0.1, 0.15) is 11.6 Å². The molecule has 3 heteroatoms.